The van der Waals surface area contributed by atoms with Gasteiger partial charge < -0.3 is 14.9 Å². The number of benzene rings is 2. The summed E-state index contributed by atoms with van der Waals surface area (Å²) in [7, 11) is 0. The lowest BCUT2D eigenvalue weighted by molar-refractivity contribution is -0.167. The third-order valence-corrected chi connectivity index (χ3v) is 6.85. The van der Waals surface area contributed by atoms with Crippen LogP contribution in [0.5, 0.6) is 0 Å². The predicted octanol–water partition coefficient (Wildman–Crippen LogP) is 3.15. The molecule has 160 valence electrons. The molecular weight excluding hydrogens is 388 g/mol. The normalized spacial score (nSPS) is 25.5. The van der Waals surface area contributed by atoms with Gasteiger partial charge in [0.05, 0.1) is 25.2 Å². The lowest BCUT2D eigenvalue weighted by Gasteiger charge is -2.58. The number of hydrogen-bond donors (Lipinski definition) is 1. The molecule has 3 fully saturated rings. The van der Waals surface area contributed by atoms with Crippen LogP contribution in [0, 0.1) is 5.92 Å². The van der Waals surface area contributed by atoms with E-state index in [-0.39, 0.29) is 43.0 Å². The molecule has 3 atom stereocenters. The summed E-state index contributed by atoms with van der Waals surface area (Å²) in [6.45, 7) is 0.654. The molecule has 5 nitrogen and oxygen atoms in total. The number of carbonyl (C=O) groups excluding carboxylic acids is 2. The van der Waals surface area contributed by atoms with Crippen molar-refractivity contribution in [2.75, 3.05) is 19.7 Å². The molecule has 5 rings (SSSR count). The SMILES string of the molecule is O=C(CC1CC1)N1CC(=O)N2[C@H](C1)[C@H](c1ccc(C=Cc3ccccc3)cc1)[C@@H]2CO. The molecule has 2 aromatic carbocycles. The van der Waals surface area contributed by atoms with Crippen molar-refractivity contribution in [2.45, 2.75) is 37.3 Å². The molecule has 2 heterocycles. The van der Waals surface area contributed by atoms with Gasteiger partial charge in [0.15, 0.2) is 0 Å². The standard InChI is InChI=1S/C26H28N2O3/c29-17-23-26(21-12-10-19(11-13-21)7-6-18-4-2-1-3-5-18)22-15-27(16-25(31)28(22)23)24(30)14-20-8-9-20/h1-7,10-13,20,22-23,26,29H,8-9,14-17H2/t22-,23+,26+/m1/s1. The summed E-state index contributed by atoms with van der Waals surface area (Å²) in [6, 6.07) is 18.2. The number of carbonyl (C=O) groups is 2. The molecule has 1 saturated carbocycles. The minimum Gasteiger partial charge on any atom is -0.394 e. The number of rotatable bonds is 6. The van der Waals surface area contributed by atoms with Crippen LogP contribution in [0.25, 0.3) is 12.2 Å². The molecule has 0 unspecified atom stereocenters. The van der Waals surface area contributed by atoms with Gasteiger partial charge in [-0.3, -0.25) is 9.59 Å². The molecule has 5 heteroatoms. The predicted molar refractivity (Wildman–Crippen MR) is 120 cm³/mol. The van der Waals surface area contributed by atoms with Gasteiger partial charge >= 0.3 is 0 Å². The van der Waals surface area contributed by atoms with E-state index in [4.69, 9.17) is 0 Å². The van der Waals surface area contributed by atoms with E-state index in [1.807, 2.05) is 18.2 Å². The van der Waals surface area contributed by atoms with Gasteiger partial charge in [0.25, 0.3) is 0 Å². The number of aliphatic hydroxyl groups is 1. The molecule has 0 radical (unpaired) electrons. The molecule has 1 aliphatic carbocycles. The van der Waals surface area contributed by atoms with E-state index in [0.29, 0.717) is 18.9 Å². The first-order chi connectivity index (χ1) is 15.1. The van der Waals surface area contributed by atoms with E-state index >= 15 is 0 Å². The Labute approximate surface area is 183 Å². The average molecular weight is 417 g/mol. The summed E-state index contributed by atoms with van der Waals surface area (Å²) in [5.41, 5.74) is 3.37. The van der Waals surface area contributed by atoms with Crippen molar-refractivity contribution in [2.24, 2.45) is 5.92 Å². The van der Waals surface area contributed by atoms with Crippen LogP contribution < -0.4 is 0 Å². The molecular formula is C26H28N2O3. The number of fused-ring (bicyclic) bond motifs is 1. The van der Waals surface area contributed by atoms with E-state index in [2.05, 4.69) is 48.6 Å². The van der Waals surface area contributed by atoms with Crippen molar-refractivity contribution in [3.63, 3.8) is 0 Å². The number of nitrogens with zero attached hydrogens (tertiary/aromatic N) is 2. The van der Waals surface area contributed by atoms with Crippen molar-refractivity contribution < 1.29 is 14.7 Å². The van der Waals surface area contributed by atoms with Crippen LogP contribution in [-0.2, 0) is 9.59 Å². The largest absolute Gasteiger partial charge is 0.394 e. The summed E-state index contributed by atoms with van der Waals surface area (Å²) in [6.07, 6.45) is 6.99. The highest BCUT2D eigenvalue weighted by Gasteiger charge is 2.54. The van der Waals surface area contributed by atoms with Gasteiger partial charge in [-0.25, -0.2) is 0 Å². The topological polar surface area (TPSA) is 60.9 Å². The maximum absolute atomic E-state index is 12.7. The van der Waals surface area contributed by atoms with Crippen molar-refractivity contribution in [1.29, 1.82) is 0 Å². The first-order valence-electron chi connectivity index (χ1n) is 11.2. The smallest absolute Gasteiger partial charge is 0.242 e. The van der Waals surface area contributed by atoms with E-state index in [0.717, 1.165) is 29.5 Å². The Morgan fingerprint density at radius 3 is 2.32 bits per heavy atom. The van der Waals surface area contributed by atoms with Gasteiger partial charge in [-0.05, 0) is 35.4 Å². The van der Waals surface area contributed by atoms with Gasteiger partial charge in [0.1, 0.15) is 0 Å². The Morgan fingerprint density at radius 2 is 1.68 bits per heavy atom. The van der Waals surface area contributed by atoms with E-state index in [1.54, 1.807) is 9.80 Å². The zero-order valence-corrected chi connectivity index (χ0v) is 17.6. The molecule has 1 N–H and O–H groups in total. The molecule has 31 heavy (non-hydrogen) atoms. The molecule has 2 aromatic rings. The fraction of sp³-hybridized carbons (Fsp3) is 0.385. The number of aliphatic hydroxyl groups excluding tert-OH is 1. The second-order valence-electron chi connectivity index (χ2n) is 8.98. The second-order valence-corrected chi connectivity index (χ2v) is 8.98. The van der Waals surface area contributed by atoms with Crippen LogP contribution in [0.4, 0.5) is 0 Å². The third-order valence-electron chi connectivity index (χ3n) is 6.85. The van der Waals surface area contributed by atoms with Crippen LogP contribution in [-0.4, -0.2) is 58.5 Å². The van der Waals surface area contributed by atoms with E-state index < -0.39 is 0 Å². The van der Waals surface area contributed by atoms with Crippen LogP contribution in [0.15, 0.2) is 54.6 Å². The maximum atomic E-state index is 12.7. The van der Waals surface area contributed by atoms with Crippen molar-refractivity contribution in [1.82, 2.24) is 9.80 Å². The first kappa shape index (κ1) is 20.0. The van der Waals surface area contributed by atoms with Gasteiger partial charge in [0, 0.05) is 18.9 Å². The molecule has 0 spiro atoms. The number of piperazine rings is 1. The van der Waals surface area contributed by atoms with E-state index in [1.165, 1.54) is 0 Å². The zero-order chi connectivity index (χ0) is 21.4. The third kappa shape index (κ3) is 4.02. The Balaban J connectivity index is 1.30. The maximum Gasteiger partial charge on any atom is 0.242 e. The Kier molecular flexibility index (Phi) is 5.36. The fourth-order valence-corrected chi connectivity index (χ4v) is 4.97. The molecule has 2 amide bonds. The summed E-state index contributed by atoms with van der Waals surface area (Å²) >= 11 is 0. The molecule has 2 saturated heterocycles. The average Bonchev–Trinajstić information content (AvgIpc) is 3.59. The Morgan fingerprint density at radius 1 is 1.00 bits per heavy atom. The van der Waals surface area contributed by atoms with Crippen LogP contribution in [0.1, 0.15) is 41.9 Å². The number of hydrogen-bond acceptors (Lipinski definition) is 3. The Hall–Kier alpha value is -2.92. The summed E-state index contributed by atoms with van der Waals surface area (Å²) < 4.78 is 0. The summed E-state index contributed by atoms with van der Waals surface area (Å²) in [4.78, 5) is 28.8. The first-order valence-corrected chi connectivity index (χ1v) is 11.2. The molecule has 3 aliphatic rings. The van der Waals surface area contributed by atoms with Crippen LogP contribution >= 0.6 is 0 Å². The van der Waals surface area contributed by atoms with Gasteiger partial charge in [-0.15, -0.1) is 0 Å². The highest BCUT2D eigenvalue weighted by atomic mass is 16.3. The van der Waals surface area contributed by atoms with Crippen LogP contribution in [0.2, 0.25) is 0 Å². The van der Waals surface area contributed by atoms with Crippen molar-refractivity contribution in [3.8, 4) is 0 Å². The van der Waals surface area contributed by atoms with E-state index in [9.17, 15) is 14.7 Å². The Bertz CT molecular complexity index is 981. The minimum absolute atomic E-state index is 0.0434. The fourth-order valence-electron chi connectivity index (χ4n) is 4.97. The minimum atomic E-state index is -0.205. The molecule has 0 aromatic heterocycles. The number of amides is 2. The lowest BCUT2D eigenvalue weighted by Crippen LogP contribution is -2.73. The second kappa shape index (κ2) is 8.31. The van der Waals surface area contributed by atoms with Crippen molar-refractivity contribution in [3.05, 3.63) is 71.3 Å². The van der Waals surface area contributed by atoms with Gasteiger partial charge in [0.2, 0.25) is 11.8 Å². The highest BCUT2D eigenvalue weighted by molar-refractivity contribution is 5.88. The highest BCUT2D eigenvalue weighted by Crippen LogP contribution is 2.43. The molecule has 2 aliphatic heterocycles. The molecule has 0 bridgehead atoms. The van der Waals surface area contributed by atoms with Gasteiger partial charge in [-0.1, -0.05) is 66.7 Å². The van der Waals surface area contributed by atoms with Gasteiger partial charge in [-0.2, -0.15) is 0 Å². The lowest BCUT2D eigenvalue weighted by atomic mass is 9.73. The zero-order valence-electron chi connectivity index (χ0n) is 17.6. The monoisotopic (exact) mass is 416 g/mol. The quantitative estimate of drug-likeness (QED) is 0.736. The summed E-state index contributed by atoms with van der Waals surface area (Å²) in [5.74, 6) is 0.623. The summed E-state index contributed by atoms with van der Waals surface area (Å²) in [5, 5.41) is 9.96. The van der Waals surface area contributed by atoms with Crippen LogP contribution in [0.3, 0.4) is 0 Å². The van der Waals surface area contributed by atoms with Crippen molar-refractivity contribution >= 4 is 24.0 Å².